The number of carbonyl (C=O) groups is 1. The van der Waals surface area contributed by atoms with Crippen molar-refractivity contribution in [3.63, 3.8) is 0 Å². The topological polar surface area (TPSA) is 38.8 Å². The zero-order chi connectivity index (χ0) is 15.5. The molecule has 2 rings (SSSR count). The third-order valence-electron chi connectivity index (χ3n) is 4.55. The fourth-order valence-electron chi connectivity index (χ4n) is 3.30. The molecule has 4 heteroatoms. The van der Waals surface area contributed by atoms with Gasteiger partial charge in [-0.1, -0.05) is 13.3 Å². The molecule has 1 saturated carbocycles. The number of likely N-dealkylation sites (tertiary alicyclic amines) is 1. The van der Waals surface area contributed by atoms with E-state index in [2.05, 4.69) is 6.92 Å². The van der Waals surface area contributed by atoms with Crippen molar-refractivity contribution in [1.82, 2.24) is 4.90 Å². The van der Waals surface area contributed by atoms with Gasteiger partial charge < -0.3 is 14.4 Å². The van der Waals surface area contributed by atoms with Gasteiger partial charge in [-0.05, 0) is 52.9 Å². The van der Waals surface area contributed by atoms with Crippen LogP contribution in [0.2, 0.25) is 0 Å². The van der Waals surface area contributed by atoms with E-state index < -0.39 is 5.60 Å². The smallest absolute Gasteiger partial charge is 0.410 e. The predicted octanol–water partition coefficient (Wildman–Crippen LogP) is 3.98. The molecule has 0 aromatic rings. The second-order valence-electron chi connectivity index (χ2n) is 7.76. The minimum absolute atomic E-state index is 0.158. The first-order valence-corrected chi connectivity index (χ1v) is 8.43. The lowest BCUT2D eigenvalue weighted by Gasteiger charge is -2.53. The van der Waals surface area contributed by atoms with Gasteiger partial charge in [0.1, 0.15) is 5.60 Å². The van der Waals surface area contributed by atoms with Gasteiger partial charge in [0.25, 0.3) is 0 Å². The summed E-state index contributed by atoms with van der Waals surface area (Å²) in [7, 11) is 0. The van der Waals surface area contributed by atoms with Crippen molar-refractivity contribution in [3.8, 4) is 0 Å². The summed E-state index contributed by atoms with van der Waals surface area (Å²) in [5, 5.41) is 0. The van der Waals surface area contributed by atoms with Gasteiger partial charge in [-0.25, -0.2) is 4.79 Å². The maximum atomic E-state index is 12.0. The van der Waals surface area contributed by atoms with Crippen LogP contribution in [-0.4, -0.2) is 42.4 Å². The standard InChI is InChI=1S/C17H31NO3/c1-5-6-11-20-14-7-9-17(10-8-14)12-18(13-17)15(19)21-16(2,3)4/h14H,5-13H2,1-4H3. The Labute approximate surface area is 129 Å². The highest BCUT2D eigenvalue weighted by molar-refractivity contribution is 5.69. The molecule has 1 saturated heterocycles. The van der Waals surface area contributed by atoms with Crippen molar-refractivity contribution in [2.75, 3.05) is 19.7 Å². The fourth-order valence-corrected chi connectivity index (χ4v) is 3.30. The van der Waals surface area contributed by atoms with Gasteiger partial charge in [0, 0.05) is 25.1 Å². The molecule has 1 aliphatic heterocycles. The molecular weight excluding hydrogens is 266 g/mol. The van der Waals surface area contributed by atoms with Crippen LogP contribution in [0, 0.1) is 5.41 Å². The summed E-state index contributed by atoms with van der Waals surface area (Å²) in [6.07, 6.45) is 7.30. The number of carbonyl (C=O) groups excluding carboxylic acids is 1. The van der Waals surface area contributed by atoms with E-state index in [1.165, 1.54) is 19.3 Å². The molecule has 0 aromatic heterocycles. The molecule has 0 aromatic carbocycles. The van der Waals surface area contributed by atoms with Crippen molar-refractivity contribution in [1.29, 1.82) is 0 Å². The molecule has 122 valence electrons. The third-order valence-corrected chi connectivity index (χ3v) is 4.55. The van der Waals surface area contributed by atoms with Crippen LogP contribution in [-0.2, 0) is 9.47 Å². The van der Waals surface area contributed by atoms with Crippen molar-refractivity contribution < 1.29 is 14.3 Å². The van der Waals surface area contributed by atoms with Crippen LogP contribution < -0.4 is 0 Å². The Kier molecular flexibility index (Phi) is 5.18. The highest BCUT2D eigenvalue weighted by Crippen LogP contribution is 2.44. The molecule has 0 atom stereocenters. The van der Waals surface area contributed by atoms with E-state index >= 15 is 0 Å². The molecule has 1 amide bonds. The van der Waals surface area contributed by atoms with E-state index in [9.17, 15) is 4.79 Å². The van der Waals surface area contributed by atoms with E-state index in [-0.39, 0.29) is 6.09 Å². The first kappa shape index (κ1) is 16.6. The highest BCUT2D eigenvalue weighted by Gasteiger charge is 2.48. The highest BCUT2D eigenvalue weighted by atomic mass is 16.6. The Bertz CT molecular complexity index is 346. The molecule has 0 bridgehead atoms. The van der Waals surface area contributed by atoms with Crippen molar-refractivity contribution in [3.05, 3.63) is 0 Å². The van der Waals surface area contributed by atoms with Crippen LogP contribution in [0.1, 0.15) is 66.2 Å². The minimum atomic E-state index is -0.398. The van der Waals surface area contributed by atoms with Crippen LogP contribution >= 0.6 is 0 Å². The SMILES string of the molecule is CCCCOC1CCC2(CC1)CN(C(=O)OC(C)(C)C)C2. The fraction of sp³-hybridized carbons (Fsp3) is 0.941. The lowest BCUT2D eigenvalue weighted by atomic mass is 9.68. The molecular formula is C17H31NO3. The number of rotatable bonds is 4. The van der Waals surface area contributed by atoms with Gasteiger partial charge >= 0.3 is 6.09 Å². The largest absolute Gasteiger partial charge is 0.444 e. The van der Waals surface area contributed by atoms with Gasteiger partial charge in [0.15, 0.2) is 0 Å². The summed E-state index contributed by atoms with van der Waals surface area (Å²) in [6.45, 7) is 10.6. The number of hydrogen-bond donors (Lipinski definition) is 0. The molecule has 0 radical (unpaired) electrons. The van der Waals surface area contributed by atoms with Crippen molar-refractivity contribution in [2.45, 2.75) is 77.9 Å². The van der Waals surface area contributed by atoms with Gasteiger partial charge in [0.05, 0.1) is 6.10 Å². The minimum Gasteiger partial charge on any atom is -0.444 e. The normalized spacial score (nSPS) is 22.2. The average molecular weight is 297 g/mol. The number of ether oxygens (including phenoxy) is 2. The van der Waals surface area contributed by atoms with Crippen LogP contribution in [0.15, 0.2) is 0 Å². The average Bonchev–Trinajstić information content (AvgIpc) is 2.35. The monoisotopic (exact) mass is 297 g/mol. The van der Waals surface area contributed by atoms with Crippen molar-refractivity contribution in [2.24, 2.45) is 5.41 Å². The second kappa shape index (κ2) is 6.55. The Morgan fingerprint density at radius 3 is 2.38 bits per heavy atom. The Hall–Kier alpha value is -0.770. The number of unbranched alkanes of at least 4 members (excludes halogenated alkanes) is 1. The van der Waals surface area contributed by atoms with E-state index in [0.717, 1.165) is 39.0 Å². The first-order valence-electron chi connectivity index (χ1n) is 8.43. The maximum Gasteiger partial charge on any atom is 0.410 e. The quantitative estimate of drug-likeness (QED) is 0.737. The van der Waals surface area contributed by atoms with E-state index in [4.69, 9.17) is 9.47 Å². The zero-order valence-electron chi connectivity index (χ0n) is 14.1. The van der Waals surface area contributed by atoms with Gasteiger partial charge in [-0.2, -0.15) is 0 Å². The summed E-state index contributed by atoms with van der Waals surface area (Å²) in [5.74, 6) is 0. The molecule has 21 heavy (non-hydrogen) atoms. The maximum absolute atomic E-state index is 12.0. The van der Waals surface area contributed by atoms with E-state index in [0.29, 0.717) is 11.5 Å². The Morgan fingerprint density at radius 1 is 1.24 bits per heavy atom. The van der Waals surface area contributed by atoms with Crippen LogP contribution in [0.5, 0.6) is 0 Å². The first-order chi connectivity index (χ1) is 9.84. The molecule has 0 unspecified atom stereocenters. The van der Waals surface area contributed by atoms with Crippen LogP contribution in [0.25, 0.3) is 0 Å². The molecule has 0 N–H and O–H groups in total. The molecule has 1 aliphatic carbocycles. The summed E-state index contributed by atoms with van der Waals surface area (Å²) in [5.41, 5.74) is -0.0495. The number of hydrogen-bond acceptors (Lipinski definition) is 3. The number of nitrogens with zero attached hydrogens (tertiary/aromatic N) is 1. The molecule has 2 fully saturated rings. The Balaban J connectivity index is 1.69. The van der Waals surface area contributed by atoms with Crippen molar-refractivity contribution >= 4 is 6.09 Å². The lowest BCUT2D eigenvalue weighted by Crippen LogP contribution is -2.60. The van der Waals surface area contributed by atoms with E-state index in [1.54, 1.807) is 0 Å². The molecule has 4 nitrogen and oxygen atoms in total. The molecule has 1 heterocycles. The molecule has 1 spiro atoms. The van der Waals surface area contributed by atoms with Crippen LogP contribution in [0.3, 0.4) is 0 Å². The van der Waals surface area contributed by atoms with E-state index in [1.807, 2.05) is 25.7 Å². The lowest BCUT2D eigenvalue weighted by molar-refractivity contribution is -0.0756. The molecule has 2 aliphatic rings. The summed E-state index contributed by atoms with van der Waals surface area (Å²) in [4.78, 5) is 13.8. The van der Waals surface area contributed by atoms with Gasteiger partial charge in [0.2, 0.25) is 0 Å². The predicted molar refractivity (Wildman–Crippen MR) is 83.4 cm³/mol. The van der Waals surface area contributed by atoms with Gasteiger partial charge in [-0.3, -0.25) is 0 Å². The summed E-state index contributed by atoms with van der Waals surface area (Å²) < 4.78 is 11.3. The zero-order valence-corrected chi connectivity index (χ0v) is 14.1. The Morgan fingerprint density at radius 2 is 1.86 bits per heavy atom. The summed E-state index contributed by atoms with van der Waals surface area (Å²) >= 11 is 0. The number of amides is 1. The van der Waals surface area contributed by atoms with Gasteiger partial charge in [-0.15, -0.1) is 0 Å². The van der Waals surface area contributed by atoms with Crippen LogP contribution in [0.4, 0.5) is 4.79 Å². The summed E-state index contributed by atoms with van der Waals surface area (Å²) in [6, 6.07) is 0. The second-order valence-corrected chi connectivity index (χ2v) is 7.76. The third kappa shape index (κ3) is 4.60.